The van der Waals surface area contributed by atoms with E-state index >= 15 is 0 Å². The van der Waals surface area contributed by atoms with Gasteiger partial charge in [0.1, 0.15) is 0 Å². The van der Waals surface area contributed by atoms with E-state index in [1.54, 1.807) is 27.3 Å². The van der Waals surface area contributed by atoms with E-state index in [1.165, 1.54) is 5.56 Å². The van der Waals surface area contributed by atoms with Crippen molar-refractivity contribution in [2.45, 2.75) is 45.7 Å². The monoisotopic (exact) mass is 442 g/mol. The molecule has 0 spiro atoms. The second kappa shape index (κ2) is 7.66. The predicted octanol–water partition coefficient (Wildman–Crippen LogP) is 4.26. The van der Waals surface area contributed by atoms with Gasteiger partial charge in [-0.15, -0.1) is 0 Å². The Morgan fingerprint density at radius 1 is 1.18 bits per heavy atom. The number of carbonyl (C=O) groups is 1. The number of hydrogen-bond donors (Lipinski definition) is 1. The van der Waals surface area contributed by atoms with Crippen molar-refractivity contribution in [3.8, 4) is 6.07 Å². The van der Waals surface area contributed by atoms with Crippen molar-refractivity contribution >= 4 is 27.9 Å². The molecule has 2 aromatic carbocycles. The molecule has 0 bridgehead atoms. The van der Waals surface area contributed by atoms with E-state index in [1.807, 2.05) is 7.05 Å². The minimum atomic E-state index is -0.920. The minimum absolute atomic E-state index is 0.104. The van der Waals surface area contributed by atoms with Crippen molar-refractivity contribution in [3.05, 3.63) is 69.3 Å². The standard InChI is InChI=1S/C26H26N4O3/c1-15-8-16(2)25-19(13-28(3)23(25)9-15)14-29-20-7-4-17(12-27)10-22(20)30(26(29)33)21(11-24(31)32)18-5-6-18/h4,7-10,13,18,21H,5-6,11,14H2,1-3H3,(H,31,32). The fraction of sp³-hybridized carbons (Fsp3) is 0.346. The molecule has 2 heterocycles. The lowest BCUT2D eigenvalue weighted by molar-refractivity contribution is -0.138. The molecule has 33 heavy (non-hydrogen) atoms. The number of imidazole rings is 1. The SMILES string of the molecule is Cc1cc(C)c2c(Cn3c(=O)n(C(CC(=O)O)C4CC4)c4cc(C#N)ccc43)cn(C)c2c1. The first-order valence-electron chi connectivity index (χ1n) is 11.2. The smallest absolute Gasteiger partial charge is 0.329 e. The summed E-state index contributed by atoms with van der Waals surface area (Å²) in [5, 5.41) is 20.1. The van der Waals surface area contributed by atoms with E-state index in [0.29, 0.717) is 17.6 Å². The molecule has 2 aromatic heterocycles. The molecule has 1 aliphatic carbocycles. The summed E-state index contributed by atoms with van der Waals surface area (Å²) in [6.07, 6.45) is 3.78. The van der Waals surface area contributed by atoms with Crippen LogP contribution in [0.2, 0.25) is 0 Å². The first kappa shape index (κ1) is 21.1. The van der Waals surface area contributed by atoms with Gasteiger partial charge in [0.15, 0.2) is 0 Å². The fourth-order valence-electron chi connectivity index (χ4n) is 5.25. The van der Waals surface area contributed by atoms with Crippen molar-refractivity contribution in [3.63, 3.8) is 0 Å². The van der Waals surface area contributed by atoms with Crippen LogP contribution in [0.15, 0.2) is 41.3 Å². The molecule has 0 amide bonds. The fourth-order valence-corrected chi connectivity index (χ4v) is 5.25. The van der Waals surface area contributed by atoms with Crippen LogP contribution >= 0.6 is 0 Å². The summed E-state index contributed by atoms with van der Waals surface area (Å²) in [5.41, 5.74) is 6.08. The highest BCUT2D eigenvalue weighted by molar-refractivity contribution is 5.88. The lowest BCUT2D eigenvalue weighted by Crippen LogP contribution is -2.30. The topological polar surface area (TPSA) is 93.0 Å². The van der Waals surface area contributed by atoms with E-state index in [9.17, 15) is 20.0 Å². The van der Waals surface area contributed by atoms with Crippen LogP contribution in [0.25, 0.3) is 21.9 Å². The Balaban J connectivity index is 1.73. The van der Waals surface area contributed by atoms with Gasteiger partial charge in [0.25, 0.3) is 0 Å². The first-order valence-corrected chi connectivity index (χ1v) is 11.2. The average Bonchev–Trinajstić information content (AvgIpc) is 3.51. The minimum Gasteiger partial charge on any atom is -0.481 e. The quantitative estimate of drug-likeness (QED) is 0.483. The molecular weight excluding hydrogens is 416 g/mol. The number of aliphatic carboxylic acids is 1. The normalized spacial score (nSPS) is 14.6. The molecule has 4 aromatic rings. The zero-order valence-corrected chi connectivity index (χ0v) is 19.0. The molecule has 0 saturated heterocycles. The predicted molar refractivity (Wildman–Crippen MR) is 126 cm³/mol. The van der Waals surface area contributed by atoms with E-state index in [4.69, 9.17) is 0 Å². The number of fused-ring (bicyclic) bond motifs is 2. The lowest BCUT2D eigenvalue weighted by atomic mass is 10.0. The number of carboxylic acids is 1. The van der Waals surface area contributed by atoms with E-state index in [0.717, 1.165) is 40.4 Å². The molecule has 7 heteroatoms. The third-order valence-electron chi connectivity index (χ3n) is 6.81. The molecule has 1 atom stereocenters. The molecule has 0 aliphatic heterocycles. The molecule has 1 unspecified atom stereocenters. The maximum atomic E-state index is 13.8. The Labute approximate surface area is 191 Å². The zero-order chi connectivity index (χ0) is 23.4. The summed E-state index contributed by atoms with van der Waals surface area (Å²) in [6.45, 7) is 4.53. The van der Waals surface area contributed by atoms with Crippen LogP contribution in [-0.2, 0) is 18.4 Å². The number of benzene rings is 2. The summed E-state index contributed by atoms with van der Waals surface area (Å²) in [6, 6.07) is 11.3. The summed E-state index contributed by atoms with van der Waals surface area (Å²) >= 11 is 0. The Morgan fingerprint density at radius 2 is 1.94 bits per heavy atom. The first-order chi connectivity index (χ1) is 15.8. The number of hydrogen-bond acceptors (Lipinski definition) is 3. The molecule has 1 N–H and O–H groups in total. The van der Waals surface area contributed by atoms with Crippen molar-refractivity contribution in [1.82, 2.24) is 13.7 Å². The highest BCUT2D eigenvalue weighted by atomic mass is 16.4. The lowest BCUT2D eigenvalue weighted by Gasteiger charge is -2.16. The van der Waals surface area contributed by atoms with Crippen LogP contribution in [0.3, 0.4) is 0 Å². The second-order valence-electron chi connectivity index (χ2n) is 9.30. The van der Waals surface area contributed by atoms with Crippen molar-refractivity contribution in [2.24, 2.45) is 13.0 Å². The number of nitriles is 1. The number of rotatable bonds is 6. The molecule has 1 aliphatic rings. The summed E-state index contributed by atoms with van der Waals surface area (Å²) < 4.78 is 5.44. The van der Waals surface area contributed by atoms with Crippen molar-refractivity contribution in [1.29, 1.82) is 5.26 Å². The van der Waals surface area contributed by atoms with E-state index < -0.39 is 12.0 Å². The number of aryl methyl sites for hydroxylation is 3. The highest BCUT2D eigenvalue weighted by Crippen LogP contribution is 2.42. The van der Waals surface area contributed by atoms with Gasteiger partial charge in [-0.1, -0.05) is 6.07 Å². The molecule has 1 saturated carbocycles. The number of aromatic nitrogens is 3. The molecular formula is C26H26N4O3. The maximum absolute atomic E-state index is 13.8. The van der Waals surface area contributed by atoms with Gasteiger partial charge >= 0.3 is 11.7 Å². The van der Waals surface area contributed by atoms with E-state index in [2.05, 4.69) is 42.8 Å². The largest absolute Gasteiger partial charge is 0.481 e. The van der Waals surface area contributed by atoms with Gasteiger partial charge in [-0.05, 0) is 73.6 Å². The zero-order valence-electron chi connectivity index (χ0n) is 19.0. The van der Waals surface area contributed by atoms with Gasteiger partial charge in [0.2, 0.25) is 0 Å². The van der Waals surface area contributed by atoms with Crippen LogP contribution in [0.1, 0.15) is 47.6 Å². The number of carboxylic acid groups (broad SMARTS) is 1. The molecule has 1 fully saturated rings. The van der Waals surface area contributed by atoms with Crippen LogP contribution in [0.5, 0.6) is 0 Å². The van der Waals surface area contributed by atoms with Gasteiger partial charge in [-0.25, -0.2) is 4.79 Å². The van der Waals surface area contributed by atoms with Crippen LogP contribution in [0.4, 0.5) is 0 Å². The third-order valence-corrected chi connectivity index (χ3v) is 6.81. The molecule has 7 nitrogen and oxygen atoms in total. The number of nitrogens with zero attached hydrogens (tertiary/aromatic N) is 4. The maximum Gasteiger partial charge on any atom is 0.329 e. The second-order valence-corrected chi connectivity index (χ2v) is 9.30. The van der Waals surface area contributed by atoms with Crippen LogP contribution in [-0.4, -0.2) is 24.8 Å². The van der Waals surface area contributed by atoms with Crippen molar-refractivity contribution in [2.75, 3.05) is 0 Å². The van der Waals surface area contributed by atoms with Gasteiger partial charge in [0.05, 0.1) is 41.7 Å². The van der Waals surface area contributed by atoms with Gasteiger partial charge in [-0.3, -0.25) is 13.9 Å². The Bertz CT molecular complexity index is 1530. The van der Waals surface area contributed by atoms with Crippen LogP contribution in [0, 0.1) is 31.1 Å². The highest BCUT2D eigenvalue weighted by Gasteiger charge is 2.36. The summed E-state index contributed by atoms with van der Waals surface area (Å²) in [4.78, 5) is 25.4. The third kappa shape index (κ3) is 3.52. The Hall–Kier alpha value is -3.79. The average molecular weight is 443 g/mol. The van der Waals surface area contributed by atoms with Crippen LogP contribution < -0.4 is 5.69 Å². The summed E-state index contributed by atoms with van der Waals surface area (Å²) in [7, 11) is 2.01. The van der Waals surface area contributed by atoms with Gasteiger partial charge < -0.3 is 9.67 Å². The van der Waals surface area contributed by atoms with Gasteiger partial charge in [-0.2, -0.15) is 5.26 Å². The molecule has 0 radical (unpaired) electrons. The summed E-state index contributed by atoms with van der Waals surface area (Å²) in [5.74, 6) is -0.748. The molecule has 5 rings (SSSR count). The Morgan fingerprint density at radius 3 is 2.61 bits per heavy atom. The molecule has 168 valence electrons. The van der Waals surface area contributed by atoms with Crippen molar-refractivity contribution < 1.29 is 9.90 Å². The Kier molecular flexibility index (Phi) is 4.89. The van der Waals surface area contributed by atoms with Gasteiger partial charge in [0, 0.05) is 24.1 Å². The van der Waals surface area contributed by atoms with E-state index in [-0.39, 0.29) is 18.0 Å².